The van der Waals surface area contributed by atoms with Crippen LogP contribution in [0.5, 0.6) is 0 Å². The summed E-state index contributed by atoms with van der Waals surface area (Å²) >= 11 is 0. The lowest BCUT2D eigenvalue weighted by Gasteiger charge is -2.32. The number of carbonyl (C=O) groups is 1. The van der Waals surface area contributed by atoms with Gasteiger partial charge in [-0.2, -0.15) is 8.78 Å². The highest BCUT2D eigenvalue weighted by molar-refractivity contribution is 5.83. The molecule has 2 amide bonds. The number of hydrogen-bond acceptors (Lipinski definition) is 2. The van der Waals surface area contributed by atoms with Crippen LogP contribution in [0.1, 0.15) is 36.7 Å². The van der Waals surface area contributed by atoms with Gasteiger partial charge in [-0.05, 0) is 30.4 Å². The van der Waals surface area contributed by atoms with E-state index in [9.17, 15) is 13.6 Å². The van der Waals surface area contributed by atoms with Gasteiger partial charge in [0.2, 0.25) is 0 Å². The summed E-state index contributed by atoms with van der Waals surface area (Å²) in [5.74, 6) is 0.551. The second-order valence-electron chi connectivity index (χ2n) is 6.74. The Kier molecular flexibility index (Phi) is 4.79. The number of urea groups is 1. The molecule has 0 atom stereocenters. The smallest absolute Gasteiger partial charge is 0.319 e. The molecule has 27 heavy (non-hydrogen) atoms. The van der Waals surface area contributed by atoms with Crippen LogP contribution in [-0.4, -0.2) is 38.6 Å². The summed E-state index contributed by atoms with van der Waals surface area (Å²) in [6.07, 6.45) is 6.33. The van der Waals surface area contributed by atoms with Crippen LogP contribution in [0.3, 0.4) is 0 Å². The number of halogens is 2. The quantitative estimate of drug-likeness (QED) is 0.730. The molecule has 2 N–H and O–H groups in total. The average molecular weight is 373 g/mol. The normalized spacial score (nSPS) is 15.6. The molecule has 142 valence electrons. The van der Waals surface area contributed by atoms with Crippen LogP contribution in [0, 0.1) is 0 Å². The Morgan fingerprint density at radius 2 is 2.07 bits per heavy atom. The molecule has 6 nitrogen and oxygen atoms in total. The molecule has 1 aliphatic heterocycles. The number of amides is 2. The molecule has 1 saturated heterocycles. The zero-order valence-electron chi connectivity index (χ0n) is 14.7. The van der Waals surface area contributed by atoms with Crippen LogP contribution in [0.15, 0.2) is 42.9 Å². The number of hydrogen-bond donors (Lipinski definition) is 2. The largest absolute Gasteiger partial charge is 0.361 e. The maximum absolute atomic E-state index is 12.8. The number of H-pyrrole nitrogens is 1. The number of benzene rings is 1. The van der Waals surface area contributed by atoms with Crippen LogP contribution < -0.4 is 5.32 Å². The topological polar surface area (TPSA) is 66.0 Å². The van der Waals surface area contributed by atoms with Crippen molar-refractivity contribution in [3.63, 3.8) is 0 Å². The Balaban J connectivity index is 1.33. The van der Waals surface area contributed by atoms with Crippen LogP contribution in [-0.2, 0) is 6.54 Å². The standard InChI is InChI=1S/C19H21F2N5O/c20-18(21)26-10-7-22-17(26)12-24-19(27)25-8-5-13(6-9-25)15-11-23-16-4-2-1-3-14(15)16/h1-4,7,10-11,13,18,23H,5-6,8-9,12H2,(H,24,27). The monoisotopic (exact) mass is 373 g/mol. The Labute approximate surface area is 155 Å². The molecule has 4 rings (SSSR count). The third kappa shape index (κ3) is 3.51. The fraction of sp³-hybridized carbons (Fsp3) is 0.368. The van der Waals surface area contributed by atoms with E-state index in [-0.39, 0.29) is 18.4 Å². The molecule has 1 aliphatic rings. The number of alkyl halides is 2. The third-order valence-electron chi connectivity index (χ3n) is 5.20. The highest BCUT2D eigenvalue weighted by Crippen LogP contribution is 2.33. The van der Waals surface area contributed by atoms with Gasteiger partial charge in [-0.25, -0.2) is 9.78 Å². The molecule has 3 heterocycles. The zero-order chi connectivity index (χ0) is 18.8. The van der Waals surface area contributed by atoms with Crippen molar-refractivity contribution in [3.8, 4) is 0 Å². The summed E-state index contributed by atoms with van der Waals surface area (Å²) in [4.78, 5) is 21.3. The fourth-order valence-electron chi connectivity index (χ4n) is 3.75. The molecule has 1 fully saturated rings. The molecule has 0 radical (unpaired) electrons. The summed E-state index contributed by atoms with van der Waals surface area (Å²) in [7, 11) is 0. The summed E-state index contributed by atoms with van der Waals surface area (Å²) < 4.78 is 26.4. The number of nitrogens with zero attached hydrogens (tertiary/aromatic N) is 3. The fourth-order valence-corrected chi connectivity index (χ4v) is 3.75. The number of aromatic nitrogens is 3. The predicted molar refractivity (Wildman–Crippen MR) is 97.6 cm³/mol. The lowest BCUT2D eigenvalue weighted by molar-refractivity contribution is 0.0665. The van der Waals surface area contributed by atoms with Crippen molar-refractivity contribution in [2.75, 3.05) is 13.1 Å². The van der Waals surface area contributed by atoms with Gasteiger partial charge in [0.25, 0.3) is 0 Å². The van der Waals surface area contributed by atoms with E-state index in [1.54, 1.807) is 4.90 Å². The minimum atomic E-state index is -2.66. The first kappa shape index (κ1) is 17.5. The SMILES string of the molecule is O=C(NCc1nccn1C(F)F)N1CCC(c2c[nH]c3ccccc23)CC1. The van der Waals surface area contributed by atoms with Gasteiger partial charge < -0.3 is 15.2 Å². The molecular weight excluding hydrogens is 352 g/mol. The number of para-hydroxylation sites is 1. The van der Waals surface area contributed by atoms with E-state index in [1.807, 2.05) is 12.1 Å². The van der Waals surface area contributed by atoms with Crippen molar-refractivity contribution >= 4 is 16.9 Å². The number of likely N-dealkylation sites (tertiary alicyclic amines) is 1. The van der Waals surface area contributed by atoms with Crippen molar-refractivity contribution in [2.45, 2.75) is 31.9 Å². The number of aromatic amines is 1. The van der Waals surface area contributed by atoms with Crippen LogP contribution >= 0.6 is 0 Å². The molecule has 8 heteroatoms. The first-order chi connectivity index (χ1) is 13.1. The highest BCUT2D eigenvalue weighted by Gasteiger charge is 2.25. The summed E-state index contributed by atoms with van der Waals surface area (Å²) in [5.41, 5.74) is 2.42. The lowest BCUT2D eigenvalue weighted by Crippen LogP contribution is -2.44. The van der Waals surface area contributed by atoms with Crippen molar-refractivity contribution in [2.24, 2.45) is 0 Å². The van der Waals surface area contributed by atoms with Gasteiger partial charge in [-0.3, -0.25) is 4.57 Å². The number of imidazole rings is 1. The van der Waals surface area contributed by atoms with E-state index in [2.05, 4.69) is 33.6 Å². The molecule has 0 aliphatic carbocycles. The molecule has 0 unspecified atom stereocenters. The van der Waals surface area contributed by atoms with E-state index < -0.39 is 6.55 Å². The lowest BCUT2D eigenvalue weighted by atomic mass is 9.89. The highest BCUT2D eigenvalue weighted by atomic mass is 19.3. The summed E-state index contributed by atoms with van der Waals surface area (Å²) in [6, 6.07) is 7.98. The Morgan fingerprint density at radius 3 is 2.85 bits per heavy atom. The number of piperidine rings is 1. The van der Waals surface area contributed by atoms with Gasteiger partial charge >= 0.3 is 12.6 Å². The molecule has 0 bridgehead atoms. The zero-order valence-corrected chi connectivity index (χ0v) is 14.7. The Bertz CT molecular complexity index is 927. The second kappa shape index (κ2) is 7.38. The second-order valence-corrected chi connectivity index (χ2v) is 6.74. The number of carbonyl (C=O) groups excluding carboxylic acids is 1. The van der Waals surface area contributed by atoms with Crippen molar-refractivity contribution in [1.82, 2.24) is 24.8 Å². The van der Waals surface area contributed by atoms with Gasteiger partial charge in [-0.1, -0.05) is 18.2 Å². The van der Waals surface area contributed by atoms with Crippen molar-refractivity contribution < 1.29 is 13.6 Å². The van der Waals surface area contributed by atoms with Gasteiger partial charge in [0.1, 0.15) is 5.82 Å². The maximum Gasteiger partial charge on any atom is 0.319 e. The first-order valence-corrected chi connectivity index (χ1v) is 9.02. The van der Waals surface area contributed by atoms with E-state index in [0.29, 0.717) is 19.0 Å². The van der Waals surface area contributed by atoms with E-state index in [0.717, 1.165) is 22.9 Å². The maximum atomic E-state index is 12.8. The molecular formula is C19H21F2N5O. The van der Waals surface area contributed by atoms with E-state index in [4.69, 9.17) is 0 Å². The number of rotatable bonds is 4. The predicted octanol–water partition coefficient (Wildman–Crippen LogP) is 3.85. The summed E-state index contributed by atoms with van der Waals surface area (Å²) in [6.45, 7) is -1.40. The van der Waals surface area contributed by atoms with Crippen LogP contribution in [0.25, 0.3) is 10.9 Å². The Hall–Kier alpha value is -2.90. The van der Waals surface area contributed by atoms with Crippen LogP contribution in [0.2, 0.25) is 0 Å². The molecule has 2 aromatic heterocycles. The van der Waals surface area contributed by atoms with Gasteiger partial charge in [0, 0.05) is 42.6 Å². The minimum absolute atomic E-state index is 0.0153. The van der Waals surface area contributed by atoms with Gasteiger partial charge in [0.15, 0.2) is 0 Å². The first-order valence-electron chi connectivity index (χ1n) is 9.02. The van der Waals surface area contributed by atoms with Gasteiger partial charge in [-0.15, -0.1) is 0 Å². The minimum Gasteiger partial charge on any atom is -0.361 e. The molecule has 0 saturated carbocycles. The van der Waals surface area contributed by atoms with Crippen LogP contribution in [0.4, 0.5) is 13.6 Å². The molecule has 3 aromatic rings. The molecule has 1 aromatic carbocycles. The third-order valence-corrected chi connectivity index (χ3v) is 5.20. The van der Waals surface area contributed by atoms with E-state index >= 15 is 0 Å². The van der Waals surface area contributed by atoms with Crippen molar-refractivity contribution in [1.29, 1.82) is 0 Å². The molecule has 0 spiro atoms. The Morgan fingerprint density at radius 1 is 1.30 bits per heavy atom. The van der Waals surface area contributed by atoms with Gasteiger partial charge in [0.05, 0.1) is 6.54 Å². The average Bonchev–Trinajstić information content (AvgIpc) is 3.33. The van der Waals surface area contributed by atoms with E-state index in [1.165, 1.54) is 23.3 Å². The summed E-state index contributed by atoms with van der Waals surface area (Å²) in [5, 5.41) is 3.93. The number of nitrogens with one attached hydrogen (secondary N) is 2. The van der Waals surface area contributed by atoms with Crippen molar-refractivity contribution in [3.05, 3.63) is 54.2 Å². The number of fused-ring (bicyclic) bond motifs is 1.